The first-order valence-electron chi connectivity index (χ1n) is 10.3. The van der Waals surface area contributed by atoms with Crippen molar-refractivity contribution in [2.75, 3.05) is 12.4 Å². The van der Waals surface area contributed by atoms with Gasteiger partial charge in [-0.1, -0.05) is 35.3 Å². The van der Waals surface area contributed by atoms with E-state index >= 15 is 0 Å². The summed E-state index contributed by atoms with van der Waals surface area (Å²) in [6.07, 6.45) is 0.159. The molecule has 2 aromatic carbocycles. The Labute approximate surface area is 199 Å². The maximum absolute atomic E-state index is 13.2. The quantitative estimate of drug-likeness (QED) is 0.466. The molecule has 0 spiro atoms. The molecule has 1 heterocycles. The second-order valence-corrected chi connectivity index (χ2v) is 8.41. The Hall–Kier alpha value is -3.01. The SMILES string of the molecule is CC(C)Oc1ccc(/N=c2\n(N)c(=O)n(CCCO)c(=O)n2Cc2ccc(Cl)cc2)cc1Cl. The fourth-order valence-corrected chi connectivity index (χ4v) is 3.47. The standard InChI is InChI=1S/C22H25Cl2N5O4/c1-14(2)33-19-9-8-17(12-18(19)24)26-20-28(13-15-4-6-16(23)7-5-15)21(31)27(10-3-11-30)22(32)29(20)25/h4-9,12,14,30H,3,10-11,13,25H2,1-2H3/b26-20-. The van der Waals surface area contributed by atoms with Crippen LogP contribution in [0.1, 0.15) is 25.8 Å². The number of rotatable bonds is 8. The zero-order valence-corrected chi connectivity index (χ0v) is 19.8. The minimum absolute atomic E-state index is 0.0132. The fourth-order valence-electron chi connectivity index (χ4n) is 3.13. The third-order valence-electron chi connectivity index (χ3n) is 4.66. The van der Waals surface area contributed by atoms with Crippen LogP contribution in [0.4, 0.5) is 5.69 Å². The Kier molecular flexibility index (Phi) is 8.01. The van der Waals surface area contributed by atoms with Crippen LogP contribution in [0, 0.1) is 0 Å². The van der Waals surface area contributed by atoms with Gasteiger partial charge in [0, 0.05) is 18.2 Å². The van der Waals surface area contributed by atoms with Crippen LogP contribution < -0.4 is 27.6 Å². The van der Waals surface area contributed by atoms with Crippen molar-refractivity contribution in [1.29, 1.82) is 0 Å². The smallest absolute Gasteiger partial charge is 0.353 e. The molecule has 3 aromatic rings. The van der Waals surface area contributed by atoms with E-state index in [1.54, 1.807) is 42.5 Å². The van der Waals surface area contributed by atoms with E-state index in [2.05, 4.69) is 4.99 Å². The number of aromatic nitrogens is 3. The van der Waals surface area contributed by atoms with Crippen molar-refractivity contribution in [3.63, 3.8) is 0 Å². The number of nitrogens with two attached hydrogens (primary N) is 1. The van der Waals surface area contributed by atoms with Crippen LogP contribution in [0.15, 0.2) is 57.0 Å². The molecule has 1 aromatic heterocycles. The molecule has 0 aliphatic carbocycles. The molecule has 0 radical (unpaired) electrons. The summed E-state index contributed by atoms with van der Waals surface area (Å²) in [6, 6.07) is 11.8. The summed E-state index contributed by atoms with van der Waals surface area (Å²) in [5, 5.41) is 10.0. The van der Waals surface area contributed by atoms with Crippen molar-refractivity contribution in [3.05, 3.63) is 84.7 Å². The van der Waals surface area contributed by atoms with E-state index in [4.69, 9.17) is 38.9 Å². The molecule has 0 unspecified atom stereocenters. The van der Waals surface area contributed by atoms with Gasteiger partial charge in [0.1, 0.15) is 5.75 Å². The van der Waals surface area contributed by atoms with Crippen LogP contribution in [0.2, 0.25) is 10.0 Å². The van der Waals surface area contributed by atoms with Crippen molar-refractivity contribution >= 4 is 28.9 Å². The molecule has 0 aliphatic heterocycles. The van der Waals surface area contributed by atoms with Crippen molar-refractivity contribution in [3.8, 4) is 5.75 Å². The highest BCUT2D eigenvalue weighted by atomic mass is 35.5. The van der Waals surface area contributed by atoms with Crippen molar-refractivity contribution in [1.82, 2.24) is 13.8 Å². The van der Waals surface area contributed by atoms with Gasteiger partial charge in [0.05, 0.1) is 23.4 Å². The summed E-state index contributed by atoms with van der Waals surface area (Å²) in [7, 11) is 0. The summed E-state index contributed by atoms with van der Waals surface area (Å²) in [5.74, 6) is 6.56. The molecule has 3 N–H and O–H groups in total. The van der Waals surface area contributed by atoms with Crippen molar-refractivity contribution in [2.24, 2.45) is 4.99 Å². The van der Waals surface area contributed by atoms with Crippen LogP contribution in [-0.4, -0.2) is 31.6 Å². The number of hydrogen-bond acceptors (Lipinski definition) is 6. The van der Waals surface area contributed by atoms with Crippen molar-refractivity contribution in [2.45, 2.75) is 39.5 Å². The molecule has 9 nitrogen and oxygen atoms in total. The largest absolute Gasteiger partial charge is 0.489 e. The van der Waals surface area contributed by atoms with Crippen LogP contribution in [0.3, 0.4) is 0 Å². The molecule has 176 valence electrons. The number of nitrogens with zero attached hydrogens (tertiary/aromatic N) is 4. The minimum Gasteiger partial charge on any atom is -0.489 e. The number of nitrogen functional groups attached to an aromatic ring is 1. The minimum atomic E-state index is -0.745. The van der Waals surface area contributed by atoms with Crippen LogP contribution in [-0.2, 0) is 13.1 Å². The molecule has 0 saturated heterocycles. The highest BCUT2D eigenvalue weighted by molar-refractivity contribution is 6.32. The molecule has 0 amide bonds. The van der Waals surface area contributed by atoms with Gasteiger partial charge in [-0.15, -0.1) is 0 Å². The maximum Gasteiger partial charge on any atom is 0.353 e. The van der Waals surface area contributed by atoms with Gasteiger partial charge in [-0.25, -0.2) is 19.1 Å². The molecular formula is C22H25Cl2N5O4. The van der Waals surface area contributed by atoms with E-state index in [1.807, 2.05) is 13.8 Å². The second-order valence-electron chi connectivity index (χ2n) is 7.57. The Bertz CT molecular complexity index is 1310. The Morgan fingerprint density at radius 3 is 2.36 bits per heavy atom. The van der Waals surface area contributed by atoms with Crippen LogP contribution >= 0.6 is 23.2 Å². The first-order valence-corrected chi connectivity index (χ1v) is 11.0. The van der Waals surface area contributed by atoms with E-state index < -0.39 is 11.4 Å². The Balaban J connectivity index is 2.20. The van der Waals surface area contributed by atoms with Gasteiger partial charge in [0.2, 0.25) is 5.62 Å². The first kappa shape index (κ1) is 24.6. The van der Waals surface area contributed by atoms with Crippen molar-refractivity contribution < 1.29 is 9.84 Å². The summed E-state index contributed by atoms with van der Waals surface area (Å²) >= 11 is 12.3. The molecule has 3 rings (SSSR count). The second kappa shape index (κ2) is 10.7. The van der Waals surface area contributed by atoms with E-state index in [0.717, 1.165) is 14.8 Å². The van der Waals surface area contributed by atoms with Gasteiger partial charge in [-0.2, -0.15) is 4.68 Å². The normalized spacial score (nSPS) is 11.9. The van der Waals surface area contributed by atoms with Gasteiger partial charge >= 0.3 is 11.4 Å². The number of aliphatic hydroxyl groups is 1. The van der Waals surface area contributed by atoms with Gasteiger partial charge in [0.15, 0.2) is 0 Å². The predicted molar refractivity (Wildman–Crippen MR) is 128 cm³/mol. The third kappa shape index (κ3) is 5.87. The number of hydrogen-bond donors (Lipinski definition) is 2. The van der Waals surface area contributed by atoms with E-state index in [0.29, 0.717) is 21.5 Å². The van der Waals surface area contributed by atoms with E-state index in [9.17, 15) is 9.59 Å². The number of aliphatic hydroxyl groups excluding tert-OH is 1. The summed E-state index contributed by atoms with van der Waals surface area (Å²) in [6.45, 7) is 3.69. The maximum atomic E-state index is 13.2. The average Bonchev–Trinajstić information content (AvgIpc) is 2.77. The fraction of sp³-hybridized carbons (Fsp3) is 0.318. The van der Waals surface area contributed by atoms with E-state index in [1.165, 1.54) is 4.57 Å². The highest BCUT2D eigenvalue weighted by Gasteiger charge is 2.14. The number of benzene rings is 2. The topological polar surface area (TPSA) is 117 Å². The van der Waals surface area contributed by atoms with Crippen LogP contribution in [0.5, 0.6) is 5.75 Å². The lowest BCUT2D eigenvalue weighted by Crippen LogP contribution is -2.57. The first-order chi connectivity index (χ1) is 15.7. The molecule has 0 atom stereocenters. The Morgan fingerprint density at radius 1 is 1.06 bits per heavy atom. The van der Waals surface area contributed by atoms with Gasteiger partial charge < -0.3 is 15.7 Å². The lowest BCUT2D eigenvalue weighted by Gasteiger charge is -2.14. The zero-order chi connectivity index (χ0) is 24.1. The van der Waals surface area contributed by atoms with Gasteiger partial charge in [0.25, 0.3) is 0 Å². The average molecular weight is 494 g/mol. The lowest BCUT2D eigenvalue weighted by molar-refractivity contribution is 0.242. The molecule has 33 heavy (non-hydrogen) atoms. The third-order valence-corrected chi connectivity index (χ3v) is 5.20. The van der Waals surface area contributed by atoms with E-state index in [-0.39, 0.29) is 37.8 Å². The molecular weight excluding hydrogens is 469 g/mol. The summed E-state index contributed by atoms with van der Waals surface area (Å²) < 4.78 is 8.70. The monoisotopic (exact) mass is 493 g/mol. The molecule has 0 fully saturated rings. The summed E-state index contributed by atoms with van der Waals surface area (Å²) in [5.41, 5.74) is -0.273. The summed E-state index contributed by atoms with van der Waals surface area (Å²) in [4.78, 5) is 30.4. The molecule has 0 aliphatic rings. The molecule has 0 bridgehead atoms. The molecule has 0 saturated carbocycles. The zero-order valence-electron chi connectivity index (χ0n) is 18.2. The molecule has 11 heteroatoms. The Morgan fingerprint density at radius 2 is 1.76 bits per heavy atom. The highest BCUT2D eigenvalue weighted by Crippen LogP contribution is 2.29. The number of halogens is 2. The lowest BCUT2D eigenvalue weighted by atomic mass is 10.2. The van der Waals surface area contributed by atoms with Gasteiger partial charge in [-0.05, 0) is 56.2 Å². The predicted octanol–water partition coefficient (Wildman–Crippen LogP) is 2.28. The number of ether oxygens (including phenoxy) is 1. The van der Waals surface area contributed by atoms with Crippen LogP contribution in [0.25, 0.3) is 0 Å². The van der Waals surface area contributed by atoms with Gasteiger partial charge in [-0.3, -0.25) is 4.57 Å².